The highest BCUT2D eigenvalue weighted by molar-refractivity contribution is 7.15. The van der Waals surface area contributed by atoms with E-state index in [1.54, 1.807) is 7.11 Å². The highest BCUT2D eigenvalue weighted by atomic mass is 32.1. The van der Waals surface area contributed by atoms with Crippen LogP contribution in [0.2, 0.25) is 0 Å². The van der Waals surface area contributed by atoms with Crippen LogP contribution in [-0.2, 0) is 0 Å². The number of carbonyl (C=O) groups is 1. The van der Waals surface area contributed by atoms with Crippen LogP contribution in [0.5, 0.6) is 5.75 Å². The van der Waals surface area contributed by atoms with E-state index in [2.05, 4.69) is 10.3 Å². The summed E-state index contributed by atoms with van der Waals surface area (Å²) >= 11 is 1.51. The number of fused-ring (bicyclic) bond motifs is 3. The molecule has 2 aromatic carbocycles. The number of hydrogen-bond donors (Lipinski definition) is 1. The van der Waals surface area contributed by atoms with Gasteiger partial charge in [-0.2, -0.15) is 0 Å². The second kappa shape index (κ2) is 6.46. The summed E-state index contributed by atoms with van der Waals surface area (Å²) in [6.45, 7) is 4.38. The molecular weight excluding hydrogens is 348 g/mol. The van der Waals surface area contributed by atoms with E-state index in [-0.39, 0.29) is 5.91 Å². The lowest BCUT2D eigenvalue weighted by atomic mass is 10.1. The molecule has 1 amide bonds. The van der Waals surface area contributed by atoms with E-state index in [0.29, 0.717) is 23.6 Å². The molecule has 0 aliphatic heterocycles. The normalized spacial score (nSPS) is 11.2. The topological polar surface area (TPSA) is 64.4 Å². The Labute approximate surface area is 154 Å². The Hall–Kier alpha value is -2.86. The first-order valence-corrected chi connectivity index (χ1v) is 9.20. The molecule has 0 unspecified atom stereocenters. The summed E-state index contributed by atoms with van der Waals surface area (Å²) in [6, 6.07) is 11.7. The third kappa shape index (κ3) is 2.54. The molecule has 2 aromatic heterocycles. The number of para-hydroxylation sites is 1. The monoisotopic (exact) mass is 366 g/mol. The minimum atomic E-state index is -0.144. The van der Waals surface area contributed by atoms with Crippen LogP contribution >= 0.6 is 11.3 Å². The van der Waals surface area contributed by atoms with Gasteiger partial charge >= 0.3 is 0 Å². The molecular formula is C20H18N2O3S. The van der Waals surface area contributed by atoms with Crippen molar-refractivity contribution in [2.24, 2.45) is 0 Å². The average molecular weight is 366 g/mol. The van der Waals surface area contributed by atoms with Crippen molar-refractivity contribution in [1.82, 2.24) is 10.3 Å². The molecule has 26 heavy (non-hydrogen) atoms. The van der Waals surface area contributed by atoms with Gasteiger partial charge < -0.3 is 14.5 Å². The summed E-state index contributed by atoms with van der Waals surface area (Å²) in [5.41, 5.74) is 2.90. The second-order valence-electron chi connectivity index (χ2n) is 5.90. The maximum absolute atomic E-state index is 12.2. The van der Waals surface area contributed by atoms with E-state index in [1.165, 1.54) is 11.3 Å². The van der Waals surface area contributed by atoms with Crippen LogP contribution in [0.4, 0.5) is 0 Å². The molecule has 0 spiro atoms. The number of rotatable bonds is 4. The first-order chi connectivity index (χ1) is 12.6. The van der Waals surface area contributed by atoms with Crippen molar-refractivity contribution in [3.8, 4) is 16.3 Å². The van der Waals surface area contributed by atoms with Gasteiger partial charge in [0.05, 0.1) is 7.11 Å². The highest BCUT2D eigenvalue weighted by Gasteiger charge is 2.21. The summed E-state index contributed by atoms with van der Waals surface area (Å²) in [5, 5.41) is 5.57. The van der Waals surface area contributed by atoms with Crippen molar-refractivity contribution in [1.29, 1.82) is 0 Å². The van der Waals surface area contributed by atoms with Crippen molar-refractivity contribution < 1.29 is 13.9 Å². The number of methoxy groups -OCH3 is 1. The summed E-state index contributed by atoms with van der Waals surface area (Å²) < 4.78 is 11.5. The molecule has 0 bridgehead atoms. The van der Waals surface area contributed by atoms with Crippen LogP contribution in [0.15, 0.2) is 40.8 Å². The Balaban J connectivity index is 1.98. The number of benzene rings is 2. The Morgan fingerprint density at radius 3 is 2.85 bits per heavy atom. The van der Waals surface area contributed by atoms with Gasteiger partial charge in [0, 0.05) is 27.8 Å². The van der Waals surface area contributed by atoms with Crippen molar-refractivity contribution in [2.45, 2.75) is 13.8 Å². The molecule has 0 radical (unpaired) electrons. The first-order valence-electron chi connectivity index (χ1n) is 8.38. The van der Waals surface area contributed by atoms with Crippen LogP contribution in [0.25, 0.3) is 32.5 Å². The van der Waals surface area contributed by atoms with E-state index in [4.69, 9.17) is 9.15 Å². The molecule has 5 nitrogen and oxygen atoms in total. The molecule has 4 rings (SSSR count). The molecule has 0 fully saturated rings. The fourth-order valence-corrected chi connectivity index (χ4v) is 4.05. The summed E-state index contributed by atoms with van der Waals surface area (Å²) in [4.78, 5) is 17.7. The third-order valence-electron chi connectivity index (χ3n) is 4.29. The quantitative estimate of drug-likeness (QED) is 0.565. The molecule has 0 saturated carbocycles. The number of thiazole rings is 1. The van der Waals surface area contributed by atoms with Crippen LogP contribution in [0, 0.1) is 6.92 Å². The lowest BCUT2D eigenvalue weighted by Crippen LogP contribution is -2.23. The van der Waals surface area contributed by atoms with E-state index in [1.807, 2.05) is 50.2 Å². The Morgan fingerprint density at radius 2 is 2.08 bits per heavy atom. The van der Waals surface area contributed by atoms with Gasteiger partial charge in [0.25, 0.3) is 5.91 Å². The minimum Gasteiger partial charge on any atom is -0.493 e. The summed E-state index contributed by atoms with van der Waals surface area (Å²) in [6.07, 6.45) is 0. The molecule has 0 aliphatic carbocycles. The zero-order valence-electron chi connectivity index (χ0n) is 14.8. The van der Waals surface area contributed by atoms with Crippen molar-refractivity contribution in [3.05, 3.63) is 47.0 Å². The van der Waals surface area contributed by atoms with E-state index < -0.39 is 0 Å². The van der Waals surface area contributed by atoms with Gasteiger partial charge in [-0.1, -0.05) is 18.2 Å². The fraction of sp³-hybridized carbons (Fsp3) is 0.200. The van der Waals surface area contributed by atoms with Gasteiger partial charge in [-0.25, -0.2) is 4.98 Å². The number of carbonyl (C=O) groups excluding carboxylic acids is 1. The first kappa shape index (κ1) is 16.6. The summed E-state index contributed by atoms with van der Waals surface area (Å²) in [5.74, 6) is 0.534. The lowest BCUT2D eigenvalue weighted by Gasteiger charge is -2.04. The number of furan rings is 1. The van der Waals surface area contributed by atoms with Crippen LogP contribution in [0.3, 0.4) is 0 Å². The second-order valence-corrected chi connectivity index (χ2v) is 7.10. The van der Waals surface area contributed by atoms with Gasteiger partial charge in [-0.3, -0.25) is 4.79 Å². The molecule has 0 atom stereocenters. The van der Waals surface area contributed by atoms with Gasteiger partial charge in [0.2, 0.25) is 0 Å². The predicted octanol–water partition coefficient (Wildman–Crippen LogP) is 4.78. The molecule has 0 aliphatic rings. The van der Waals surface area contributed by atoms with Gasteiger partial charge in [-0.05, 0) is 32.0 Å². The molecule has 4 aromatic rings. The lowest BCUT2D eigenvalue weighted by molar-refractivity contribution is 0.0951. The van der Waals surface area contributed by atoms with Gasteiger partial charge in [0.1, 0.15) is 16.3 Å². The van der Waals surface area contributed by atoms with Crippen molar-refractivity contribution >= 4 is 39.2 Å². The molecule has 132 valence electrons. The maximum atomic E-state index is 12.2. The minimum absolute atomic E-state index is 0.144. The number of aryl methyl sites for hydroxylation is 1. The number of nitrogens with zero attached hydrogens (tertiary/aromatic N) is 1. The van der Waals surface area contributed by atoms with Crippen molar-refractivity contribution in [3.63, 3.8) is 0 Å². The van der Waals surface area contributed by atoms with E-state index in [9.17, 15) is 4.79 Å². The number of hydrogen-bond acceptors (Lipinski definition) is 5. The molecule has 6 heteroatoms. The maximum Gasteiger partial charge on any atom is 0.271 e. The molecule has 1 N–H and O–H groups in total. The number of aromatic nitrogens is 1. The third-order valence-corrected chi connectivity index (χ3v) is 5.29. The zero-order valence-corrected chi connectivity index (χ0v) is 15.6. The fourth-order valence-electron chi connectivity index (χ4n) is 3.11. The largest absolute Gasteiger partial charge is 0.493 e. The van der Waals surface area contributed by atoms with Gasteiger partial charge in [0.15, 0.2) is 11.3 Å². The molecule has 0 saturated heterocycles. The Kier molecular flexibility index (Phi) is 4.12. The molecule has 2 heterocycles. The number of nitrogens with one attached hydrogen (secondary N) is 1. The smallest absolute Gasteiger partial charge is 0.271 e. The van der Waals surface area contributed by atoms with E-state index in [0.717, 1.165) is 31.8 Å². The predicted molar refractivity (Wildman–Crippen MR) is 104 cm³/mol. The Morgan fingerprint density at radius 1 is 1.27 bits per heavy atom. The summed E-state index contributed by atoms with van der Waals surface area (Å²) in [7, 11) is 1.63. The van der Waals surface area contributed by atoms with E-state index >= 15 is 0 Å². The number of ether oxygens (including phenoxy) is 1. The SMILES string of the molecule is CCNC(=O)c1nc(-c2ccc(OC)c3oc4ccccc4c23)sc1C. The van der Waals surface area contributed by atoms with Crippen LogP contribution in [0.1, 0.15) is 22.3 Å². The number of amides is 1. The van der Waals surface area contributed by atoms with Gasteiger partial charge in [-0.15, -0.1) is 11.3 Å². The standard InChI is InChI=1S/C20H18N2O3S/c1-4-21-19(23)17-11(2)26-20(22-17)13-9-10-15(24-3)18-16(13)12-7-5-6-8-14(12)25-18/h5-10H,4H2,1-3H3,(H,21,23). The van der Waals surface area contributed by atoms with Crippen LogP contribution < -0.4 is 10.1 Å². The van der Waals surface area contributed by atoms with Crippen LogP contribution in [-0.4, -0.2) is 24.5 Å². The Bertz CT molecular complexity index is 1130. The highest BCUT2D eigenvalue weighted by Crippen LogP contribution is 2.42. The van der Waals surface area contributed by atoms with Crippen molar-refractivity contribution in [2.75, 3.05) is 13.7 Å². The average Bonchev–Trinajstić information content (AvgIpc) is 3.22. The zero-order chi connectivity index (χ0) is 18.3.